The van der Waals surface area contributed by atoms with Gasteiger partial charge in [-0.1, -0.05) is 24.3 Å². The fraction of sp³-hybridized carbons (Fsp3) is 0.263. The summed E-state index contributed by atoms with van der Waals surface area (Å²) in [5.74, 6) is -0.0123. The van der Waals surface area contributed by atoms with Gasteiger partial charge < -0.3 is 14.4 Å². The number of aryl methyl sites for hydroxylation is 1. The number of hydrogen-bond donors (Lipinski definition) is 0. The second-order valence-corrected chi connectivity index (χ2v) is 5.39. The van der Waals surface area contributed by atoms with Crippen LogP contribution < -0.4 is 4.74 Å². The Morgan fingerprint density at radius 2 is 1.67 bits per heavy atom. The van der Waals surface area contributed by atoms with Gasteiger partial charge in [0.25, 0.3) is 5.91 Å². The van der Waals surface area contributed by atoms with Crippen molar-refractivity contribution in [2.75, 3.05) is 20.8 Å². The maximum atomic E-state index is 12.8. The van der Waals surface area contributed by atoms with E-state index in [0.29, 0.717) is 17.9 Å². The summed E-state index contributed by atoms with van der Waals surface area (Å²) in [5.41, 5.74) is 2.55. The molecule has 0 saturated heterocycles. The number of benzene rings is 2. The predicted molar refractivity (Wildman–Crippen MR) is 90.9 cm³/mol. The average Bonchev–Trinajstić information content (AvgIpc) is 2.62. The molecule has 0 unspecified atom stereocenters. The molecule has 126 valence electrons. The summed E-state index contributed by atoms with van der Waals surface area (Å²) in [6, 6.07) is 14.6. The van der Waals surface area contributed by atoms with Gasteiger partial charge in [-0.3, -0.25) is 9.59 Å². The van der Waals surface area contributed by atoms with Crippen LogP contribution in [0.3, 0.4) is 0 Å². The minimum Gasteiger partial charge on any atom is -0.497 e. The summed E-state index contributed by atoms with van der Waals surface area (Å²) in [6.07, 6.45) is 0. The molecule has 0 heterocycles. The molecule has 0 atom stereocenters. The smallest absolute Gasteiger partial charge is 0.325 e. The van der Waals surface area contributed by atoms with Gasteiger partial charge in [0.2, 0.25) is 0 Å². The molecule has 2 aromatic carbocycles. The molecule has 5 nitrogen and oxygen atoms in total. The first kappa shape index (κ1) is 17.5. The summed E-state index contributed by atoms with van der Waals surface area (Å²) in [7, 11) is 2.88. The highest BCUT2D eigenvalue weighted by atomic mass is 16.5. The van der Waals surface area contributed by atoms with Gasteiger partial charge in [-0.15, -0.1) is 0 Å². The molecular weight excluding hydrogens is 306 g/mol. The van der Waals surface area contributed by atoms with E-state index >= 15 is 0 Å². The zero-order valence-electron chi connectivity index (χ0n) is 14.1. The molecule has 1 amide bonds. The van der Waals surface area contributed by atoms with E-state index in [1.165, 1.54) is 12.0 Å². The van der Waals surface area contributed by atoms with Crippen LogP contribution in [-0.2, 0) is 16.1 Å². The first-order valence-electron chi connectivity index (χ1n) is 7.59. The highest BCUT2D eigenvalue weighted by Crippen LogP contribution is 2.16. The Labute approximate surface area is 141 Å². The molecule has 0 fully saturated rings. The molecule has 0 aromatic heterocycles. The lowest BCUT2D eigenvalue weighted by atomic mass is 10.1. The van der Waals surface area contributed by atoms with Crippen LogP contribution in [0.2, 0.25) is 0 Å². The highest BCUT2D eigenvalue weighted by molar-refractivity contribution is 5.96. The third-order valence-electron chi connectivity index (χ3n) is 3.79. The topological polar surface area (TPSA) is 55.8 Å². The van der Waals surface area contributed by atoms with Crippen molar-refractivity contribution in [1.82, 2.24) is 4.90 Å². The number of carbonyl (C=O) groups excluding carboxylic acids is 2. The van der Waals surface area contributed by atoms with Gasteiger partial charge in [0.15, 0.2) is 0 Å². The van der Waals surface area contributed by atoms with Crippen molar-refractivity contribution in [1.29, 1.82) is 0 Å². The van der Waals surface area contributed by atoms with Crippen molar-refractivity contribution in [3.63, 3.8) is 0 Å². The summed E-state index contributed by atoms with van der Waals surface area (Å²) in [4.78, 5) is 26.0. The summed E-state index contributed by atoms with van der Waals surface area (Å²) in [6.45, 7) is 2.21. The highest BCUT2D eigenvalue weighted by Gasteiger charge is 2.20. The molecule has 0 N–H and O–H groups in total. The van der Waals surface area contributed by atoms with Crippen molar-refractivity contribution in [3.05, 3.63) is 65.2 Å². The lowest BCUT2D eigenvalue weighted by Gasteiger charge is -2.22. The minimum atomic E-state index is -0.453. The maximum Gasteiger partial charge on any atom is 0.325 e. The van der Waals surface area contributed by atoms with Crippen LogP contribution in [-0.4, -0.2) is 37.5 Å². The number of hydrogen-bond acceptors (Lipinski definition) is 4. The molecular formula is C19H21NO4. The normalized spacial score (nSPS) is 10.1. The van der Waals surface area contributed by atoms with Crippen LogP contribution >= 0.6 is 0 Å². The number of esters is 1. The van der Waals surface area contributed by atoms with Crippen molar-refractivity contribution >= 4 is 11.9 Å². The van der Waals surface area contributed by atoms with Crippen molar-refractivity contribution in [3.8, 4) is 5.75 Å². The minimum absolute atomic E-state index is 0.101. The quantitative estimate of drug-likeness (QED) is 0.766. The van der Waals surface area contributed by atoms with E-state index < -0.39 is 5.97 Å². The Morgan fingerprint density at radius 1 is 1.00 bits per heavy atom. The number of methoxy groups -OCH3 is 2. The van der Waals surface area contributed by atoms with Gasteiger partial charge in [-0.25, -0.2) is 0 Å². The van der Waals surface area contributed by atoms with Crippen LogP contribution in [0, 0.1) is 6.92 Å². The second-order valence-electron chi connectivity index (χ2n) is 5.39. The van der Waals surface area contributed by atoms with E-state index in [0.717, 1.165) is 11.1 Å². The fourth-order valence-electron chi connectivity index (χ4n) is 2.33. The van der Waals surface area contributed by atoms with E-state index in [1.54, 1.807) is 31.4 Å². The lowest BCUT2D eigenvalue weighted by molar-refractivity contribution is -0.141. The molecule has 2 rings (SSSR count). The molecule has 0 aliphatic heterocycles. The number of carbonyl (C=O) groups is 2. The molecule has 0 spiro atoms. The average molecular weight is 327 g/mol. The molecule has 24 heavy (non-hydrogen) atoms. The van der Waals surface area contributed by atoms with Crippen LogP contribution in [0.25, 0.3) is 0 Å². The molecule has 0 bridgehead atoms. The second kappa shape index (κ2) is 8.15. The monoisotopic (exact) mass is 327 g/mol. The van der Waals surface area contributed by atoms with E-state index in [1.807, 2.05) is 31.2 Å². The van der Waals surface area contributed by atoms with Gasteiger partial charge in [0, 0.05) is 12.1 Å². The Balaban J connectivity index is 2.25. The molecule has 2 aromatic rings. The number of ether oxygens (including phenoxy) is 2. The van der Waals surface area contributed by atoms with Crippen molar-refractivity contribution in [2.45, 2.75) is 13.5 Å². The van der Waals surface area contributed by atoms with E-state index in [4.69, 9.17) is 9.47 Å². The van der Waals surface area contributed by atoms with Crippen LogP contribution in [0.4, 0.5) is 0 Å². The van der Waals surface area contributed by atoms with Gasteiger partial charge in [-0.05, 0) is 42.3 Å². The standard InChI is InChI=1S/C19H21NO4/c1-14-6-4-5-7-16(14)12-20(13-18(21)24-3)19(22)15-8-10-17(23-2)11-9-15/h4-11H,12-13H2,1-3H3. The number of amides is 1. The van der Waals surface area contributed by atoms with Gasteiger partial charge in [0.1, 0.15) is 12.3 Å². The van der Waals surface area contributed by atoms with E-state index in [2.05, 4.69) is 0 Å². The van der Waals surface area contributed by atoms with Crippen molar-refractivity contribution < 1.29 is 19.1 Å². The van der Waals surface area contributed by atoms with Gasteiger partial charge in [-0.2, -0.15) is 0 Å². The SMILES string of the molecule is COC(=O)CN(Cc1ccccc1C)C(=O)c1ccc(OC)cc1. The molecule has 5 heteroatoms. The fourth-order valence-corrected chi connectivity index (χ4v) is 2.33. The third-order valence-corrected chi connectivity index (χ3v) is 3.79. The lowest BCUT2D eigenvalue weighted by Crippen LogP contribution is -2.36. The van der Waals surface area contributed by atoms with Crippen molar-refractivity contribution in [2.24, 2.45) is 0 Å². The maximum absolute atomic E-state index is 12.8. The molecule has 0 aliphatic carbocycles. The Hall–Kier alpha value is -2.82. The zero-order valence-corrected chi connectivity index (χ0v) is 14.1. The molecule has 0 radical (unpaired) electrons. The third kappa shape index (κ3) is 4.35. The molecule has 0 aliphatic rings. The van der Waals surface area contributed by atoms with Gasteiger partial charge >= 0.3 is 5.97 Å². The van der Waals surface area contributed by atoms with E-state index in [-0.39, 0.29) is 12.5 Å². The summed E-state index contributed by atoms with van der Waals surface area (Å²) >= 11 is 0. The van der Waals surface area contributed by atoms with E-state index in [9.17, 15) is 9.59 Å². The largest absolute Gasteiger partial charge is 0.497 e. The Kier molecular flexibility index (Phi) is 5.95. The zero-order chi connectivity index (χ0) is 17.5. The Morgan fingerprint density at radius 3 is 2.25 bits per heavy atom. The van der Waals surface area contributed by atoms with Crippen LogP contribution in [0.15, 0.2) is 48.5 Å². The number of nitrogens with zero attached hydrogens (tertiary/aromatic N) is 1. The van der Waals surface area contributed by atoms with Crippen LogP contribution in [0.1, 0.15) is 21.5 Å². The van der Waals surface area contributed by atoms with Gasteiger partial charge in [0.05, 0.1) is 14.2 Å². The first-order chi connectivity index (χ1) is 11.5. The van der Waals surface area contributed by atoms with Crippen LogP contribution in [0.5, 0.6) is 5.75 Å². The Bertz CT molecular complexity index is 710. The summed E-state index contributed by atoms with van der Waals surface area (Å²) in [5, 5.41) is 0. The summed E-state index contributed by atoms with van der Waals surface area (Å²) < 4.78 is 9.82. The first-order valence-corrected chi connectivity index (χ1v) is 7.59. The molecule has 0 saturated carbocycles. The predicted octanol–water partition coefficient (Wildman–Crippen LogP) is 2.82. The number of rotatable bonds is 6.